The molecule has 1 N–H and O–H groups in total. The number of nitrogens with zero attached hydrogens (tertiary/aromatic N) is 3. The number of benzene rings is 2. The van der Waals surface area contributed by atoms with Crippen LogP contribution in [0.3, 0.4) is 0 Å². The summed E-state index contributed by atoms with van der Waals surface area (Å²) in [6.07, 6.45) is 0. The number of amides is 2. The molecule has 0 saturated heterocycles. The Bertz CT molecular complexity index is 977. The van der Waals surface area contributed by atoms with Crippen LogP contribution in [0.2, 0.25) is 0 Å². The summed E-state index contributed by atoms with van der Waals surface area (Å²) in [4.78, 5) is 32.9. The number of carbonyl (C=O) groups excluding carboxylic acids is 2. The van der Waals surface area contributed by atoms with Gasteiger partial charge >= 0.3 is 0 Å². The highest BCUT2D eigenvalue weighted by atomic mass is 32.1. The van der Waals surface area contributed by atoms with Crippen LogP contribution in [0.5, 0.6) is 0 Å². The van der Waals surface area contributed by atoms with E-state index in [-0.39, 0.29) is 24.9 Å². The van der Waals surface area contributed by atoms with Gasteiger partial charge in [0.15, 0.2) is 0 Å². The molecule has 0 bridgehead atoms. The lowest BCUT2D eigenvalue weighted by molar-refractivity contribution is -0.134. The molecule has 7 heteroatoms. The van der Waals surface area contributed by atoms with Crippen LogP contribution in [0, 0.1) is 13.8 Å². The topological polar surface area (TPSA) is 65.5 Å². The molecule has 29 heavy (non-hydrogen) atoms. The molecule has 0 spiro atoms. The van der Waals surface area contributed by atoms with Gasteiger partial charge in [-0.25, -0.2) is 4.98 Å². The van der Waals surface area contributed by atoms with Crippen LogP contribution in [0.1, 0.15) is 16.1 Å². The number of fused-ring (bicyclic) bond motifs is 1. The van der Waals surface area contributed by atoms with Crippen LogP contribution < -0.4 is 5.32 Å². The zero-order chi connectivity index (χ0) is 21.0. The number of hydrogen-bond acceptors (Lipinski definition) is 5. The summed E-state index contributed by atoms with van der Waals surface area (Å²) >= 11 is 1.63. The molecule has 2 amide bonds. The summed E-state index contributed by atoms with van der Waals surface area (Å²) in [5.41, 5.74) is 3.80. The SMILES string of the molecule is Cc1cccc(C)c1NC(=O)CN(C)C(=O)CN(C)Cc1nc2ccccc2s1. The predicted octanol–water partition coefficient (Wildman–Crippen LogP) is 3.44. The molecule has 1 heterocycles. The fourth-order valence-corrected chi connectivity index (χ4v) is 4.17. The minimum Gasteiger partial charge on any atom is -0.335 e. The fraction of sp³-hybridized carbons (Fsp3) is 0.318. The van der Waals surface area contributed by atoms with Crippen molar-refractivity contribution in [3.63, 3.8) is 0 Å². The molecule has 0 aliphatic rings. The Hall–Kier alpha value is -2.77. The Morgan fingerprint density at radius 3 is 2.38 bits per heavy atom. The second-order valence-corrected chi connectivity index (χ2v) is 8.43. The van der Waals surface area contributed by atoms with E-state index in [0.717, 1.165) is 32.0 Å². The van der Waals surface area contributed by atoms with Gasteiger partial charge in [0.25, 0.3) is 0 Å². The summed E-state index contributed by atoms with van der Waals surface area (Å²) in [5, 5.41) is 3.89. The van der Waals surface area contributed by atoms with Gasteiger partial charge in [0, 0.05) is 12.7 Å². The number of para-hydroxylation sites is 2. The number of carbonyl (C=O) groups is 2. The smallest absolute Gasteiger partial charge is 0.243 e. The average molecular weight is 411 g/mol. The Morgan fingerprint density at radius 1 is 1.00 bits per heavy atom. The van der Waals surface area contributed by atoms with Gasteiger partial charge in [0.2, 0.25) is 11.8 Å². The number of thiazole rings is 1. The molecular formula is C22H26N4O2S. The van der Waals surface area contributed by atoms with Gasteiger partial charge in [-0.15, -0.1) is 11.3 Å². The summed E-state index contributed by atoms with van der Waals surface area (Å²) in [5.74, 6) is -0.308. The lowest BCUT2D eigenvalue weighted by atomic mass is 10.1. The summed E-state index contributed by atoms with van der Waals surface area (Å²) in [7, 11) is 3.53. The van der Waals surface area contributed by atoms with Crippen LogP contribution >= 0.6 is 11.3 Å². The predicted molar refractivity (Wildman–Crippen MR) is 118 cm³/mol. The maximum atomic E-state index is 12.5. The van der Waals surface area contributed by atoms with Gasteiger partial charge in [-0.1, -0.05) is 30.3 Å². The Morgan fingerprint density at radius 2 is 1.69 bits per heavy atom. The quantitative estimate of drug-likeness (QED) is 0.648. The van der Waals surface area contributed by atoms with Gasteiger partial charge in [0.05, 0.1) is 29.9 Å². The molecule has 1 aromatic heterocycles. The van der Waals surface area contributed by atoms with Gasteiger partial charge in [0.1, 0.15) is 5.01 Å². The van der Waals surface area contributed by atoms with Crippen molar-refractivity contribution in [2.45, 2.75) is 20.4 Å². The fourth-order valence-electron chi connectivity index (χ4n) is 3.12. The van der Waals surface area contributed by atoms with E-state index >= 15 is 0 Å². The number of aromatic nitrogens is 1. The molecule has 0 aliphatic heterocycles. The van der Waals surface area contributed by atoms with Crippen molar-refractivity contribution >= 4 is 39.1 Å². The first-order valence-corrected chi connectivity index (χ1v) is 10.3. The summed E-state index contributed by atoms with van der Waals surface area (Å²) in [6.45, 7) is 4.74. The maximum absolute atomic E-state index is 12.5. The lowest BCUT2D eigenvalue weighted by Gasteiger charge is -2.21. The summed E-state index contributed by atoms with van der Waals surface area (Å²) < 4.78 is 1.14. The first-order chi connectivity index (χ1) is 13.8. The Labute approximate surface area is 175 Å². The number of rotatable bonds is 7. The van der Waals surface area contributed by atoms with E-state index in [9.17, 15) is 9.59 Å². The van der Waals surface area contributed by atoms with Crippen LogP contribution in [-0.2, 0) is 16.1 Å². The largest absolute Gasteiger partial charge is 0.335 e. The number of likely N-dealkylation sites (N-methyl/N-ethyl adjacent to an activating group) is 2. The Kier molecular flexibility index (Phi) is 6.61. The third-order valence-corrected chi connectivity index (χ3v) is 5.72. The zero-order valence-corrected chi connectivity index (χ0v) is 18.0. The lowest BCUT2D eigenvalue weighted by Crippen LogP contribution is -2.40. The minimum absolute atomic E-state index is 0.0155. The number of nitrogens with one attached hydrogen (secondary N) is 1. The van der Waals surface area contributed by atoms with E-state index in [2.05, 4.69) is 10.3 Å². The number of anilines is 1. The summed E-state index contributed by atoms with van der Waals surface area (Å²) in [6, 6.07) is 13.9. The number of aryl methyl sites for hydroxylation is 2. The highest BCUT2D eigenvalue weighted by Gasteiger charge is 2.17. The van der Waals surface area contributed by atoms with E-state index in [1.54, 1.807) is 18.4 Å². The minimum atomic E-state index is -0.202. The van der Waals surface area contributed by atoms with Crippen molar-refractivity contribution in [3.05, 3.63) is 58.6 Å². The third-order valence-electron chi connectivity index (χ3n) is 4.70. The van der Waals surface area contributed by atoms with Gasteiger partial charge in [-0.05, 0) is 44.2 Å². The average Bonchev–Trinajstić information content (AvgIpc) is 3.06. The molecule has 152 valence electrons. The Balaban J connectivity index is 1.52. The van der Waals surface area contributed by atoms with E-state index in [1.165, 1.54) is 4.90 Å². The van der Waals surface area contributed by atoms with Crippen molar-refractivity contribution < 1.29 is 9.59 Å². The van der Waals surface area contributed by atoms with Crippen LogP contribution in [-0.4, -0.2) is 53.8 Å². The maximum Gasteiger partial charge on any atom is 0.243 e. The highest BCUT2D eigenvalue weighted by Crippen LogP contribution is 2.22. The van der Waals surface area contributed by atoms with Crippen LogP contribution in [0.15, 0.2) is 42.5 Å². The molecule has 0 saturated carbocycles. The zero-order valence-electron chi connectivity index (χ0n) is 17.2. The molecule has 0 aliphatic carbocycles. The first-order valence-electron chi connectivity index (χ1n) is 9.46. The van der Waals surface area contributed by atoms with Crippen molar-refractivity contribution in [1.82, 2.24) is 14.8 Å². The standard InChI is InChI=1S/C22H26N4O2S/c1-15-8-7-9-16(2)22(15)24-19(27)12-26(4)21(28)14-25(3)13-20-23-17-10-5-6-11-18(17)29-20/h5-11H,12-14H2,1-4H3,(H,24,27). The van der Waals surface area contributed by atoms with Crippen LogP contribution in [0.25, 0.3) is 10.2 Å². The third kappa shape index (κ3) is 5.40. The molecule has 3 rings (SSSR count). The molecule has 0 radical (unpaired) electrons. The second-order valence-electron chi connectivity index (χ2n) is 7.31. The van der Waals surface area contributed by atoms with Crippen molar-refractivity contribution in [1.29, 1.82) is 0 Å². The highest BCUT2D eigenvalue weighted by molar-refractivity contribution is 7.18. The second kappa shape index (κ2) is 9.15. The molecule has 0 atom stereocenters. The molecule has 0 unspecified atom stereocenters. The van der Waals surface area contributed by atoms with Crippen LogP contribution in [0.4, 0.5) is 5.69 Å². The molecule has 2 aromatic carbocycles. The van der Waals surface area contributed by atoms with Crippen molar-refractivity contribution in [2.75, 3.05) is 32.5 Å². The van der Waals surface area contributed by atoms with E-state index < -0.39 is 0 Å². The van der Waals surface area contributed by atoms with E-state index in [4.69, 9.17) is 0 Å². The molecular weight excluding hydrogens is 384 g/mol. The molecule has 3 aromatic rings. The van der Waals surface area contributed by atoms with Gasteiger partial charge in [-0.2, -0.15) is 0 Å². The van der Waals surface area contributed by atoms with Gasteiger partial charge in [-0.3, -0.25) is 14.5 Å². The van der Waals surface area contributed by atoms with Gasteiger partial charge < -0.3 is 10.2 Å². The van der Waals surface area contributed by atoms with E-state index in [0.29, 0.717) is 6.54 Å². The van der Waals surface area contributed by atoms with Crippen molar-refractivity contribution in [2.24, 2.45) is 0 Å². The van der Waals surface area contributed by atoms with Crippen molar-refractivity contribution in [3.8, 4) is 0 Å². The number of hydrogen-bond donors (Lipinski definition) is 1. The molecule has 6 nitrogen and oxygen atoms in total. The first kappa shape index (κ1) is 21.0. The van der Waals surface area contributed by atoms with E-state index in [1.807, 2.05) is 68.3 Å². The molecule has 0 fully saturated rings. The normalized spacial score (nSPS) is 11.1. The monoisotopic (exact) mass is 410 g/mol.